The number of nitrogens with one attached hydrogen (secondary N) is 1. The lowest BCUT2D eigenvalue weighted by molar-refractivity contribution is 0.0322. The van der Waals surface area contributed by atoms with Crippen LogP contribution in [0.3, 0.4) is 0 Å². The van der Waals surface area contributed by atoms with Crippen LogP contribution in [0.2, 0.25) is 0 Å². The van der Waals surface area contributed by atoms with Crippen LogP contribution >= 0.6 is 0 Å². The second kappa shape index (κ2) is 11.8. The van der Waals surface area contributed by atoms with Crippen molar-refractivity contribution in [2.24, 2.45) is 0 Å². The summed E-state index contributed by atoms with van der Waals surface area (Å²) in [5.74, 6) is 0.293. The molecule has 10 heteroatoms. The Morgan fingerprint density at radius 2 is 1.65 bits per heavy atom. The molecule has 0 saturated carbocycles. The number of amides is 1. The van der Waals surface area contributed by atoms with Crippen molar-refractivity contribution >= 4 is 15.9 Å². The third-order valence-electron chi connectivity index (χ3n) is 5.85. The molecule has 2 aromatic carbocycles. The quantitative estimate of drug-likeness (QED) is 0.568. The van der Waals surface area contributed by atoms with E-state index in [1.807, 2.05) is 24.3 Å². The first-order valence-corrected chi connectivity index (χ1v) is 12.9. The fourth-order valence-electron chi connectivity index (χ4n) is 3.95. The van der Waals surface area contributed by atoms with Crippen LogP contribution in [-0.4, -0.2) is 89.3 Å². The van der Waals surface area contributed by atoms with Gasteiger partial charge in [-0.1, -0.05) is 24.3 Å². The van der Waals surface area contributed by atoms with Gasteiger partial charge in [0.05, 0.1) is 36.9 Å². The second-order valence-electron chi connectivity index (χ2n) is 8.15. The van der Waals surface area contributed by atoms with Crippen LogP contribution in [0.4, 0.5) is 0 Å². The van der Waals surface area contributed by atoms with Gasteiger partial charge in [0.2, 0.25) is 10.0 Å². The van der Waals surface area contributed by atoms with E-state index in [1.165, 1.54) is 16.4 Å². The predicted molar refractivity (Wildman–Crippen MR) is 126 cm³/mol. The molecule has 2 heterocycles. The van der Waals surface area contributed by atoms with Crippen molar-refractivity contribution in [1.82, 2.24) is 14.5 Å². The number of carbonyl (C=O) groups excluding carboxylic acids is 1. The molecule has 2 aliphatic rings. The highest BCUT2D eigenvalue weighted by Crippen LogP contribution is 2.21. The fourth-order valence-corrected chi connectivity index (χ4v) is 5.54. The molecule has 4 rings (SSSR count). The highest BCUT2D eigenvalue weighted by atomic mass is 32.2. The van der Waals surface area contributed by atoms with Crippen LogP contribution in [0, 0.1) is 0 Å². The van der Waals surface area contributed by atoms with E-state index >= 15 is 0 Å². The Kier molecular flexibility index (Phi) is 8.52. The molecule has 2 saturated heterocycles. The average Bonchev–Trinajstić information content (AvgIpc) is 2.89. The van der Waals surface area contributed by atoms with Gasteiger partial charge in [0, 0.05) is 39.3 Å². The van der Waals surface area contributed by atoms with E-state index in [-0.39, 0.29) is 30.1 Å². The van der Waals surface area contributed by atoms with Crippen molar-refractivity contribution in [2.45, 2.75) is 11.4 Å². The van der Waals surface area contributed by atoms with Gasteiger partial charge < -0.3 is 19.5 Å². The maximum absolute atomic E-state index is 13.1. The molecule has 9 nitrogen and oxygen atoms in total. The molecule has 0 aromatic heterocycles. The van der Waals surface area contributed by atoms with Crippen molar-refractivity contribution in [3.63, 3.8) is 0 Å². The Labute approximate surface area is 200 Å². The molecular formula is C24H31N3O6S. The first-order chi connectivity index (χ1) is 16.5. The van der Waals surface area contributed by atoms with Gasteiger partial charge in [-0.15, -0.1) is 0 Å². The molecule has 0 unspecified atom stereocenters. The molecule has 34 heavy (non-hydrogen) atoms. The number of benzene rings is 2. The number of hydrogen-bond donors (Lipinski definition) is 1. The van der Waals surface area contributed by atoms with Gasteiger partial charge in [-0.3, -0.25) is 9.69 Å². The summed E-state index contributed by atoms with van der Waals surface area (Å²) in [6.07, 6.45) is 0. The van der Waals surface area contributed by atoms with Gasteiger partial charge in [-0.05, 0) is 29.8 Å². The first kappa shape index (κ1) is 24.6. The van der Waals surface area contributed by atoms with Gasteiger partial charge >= 0.3 is 0 Å². The molecule has 2 aliphatic heterocycles. The summed E-state index contributed by atoms with van der Waals surface area (Å²) in [6, 6.07) is 13.8. The maximum Gasteiger partial charge on any atom is 0.252 e. The third-order valence-corrected chi connectivity index (χ3v) is 7.81. The van der Waals surface area contributed by atoms with Crippen LogP contribution in [0.5, 0.6) is 5.75 Å². The Hall–Kier alpha value is -2.50. The normalized spacial score (nSPS) is 17.9. The van der Waals surface area contributed by atoms with Crippen LogP contribution in [0.15, 0.2) is 53.4 Å². The average molecular weight is 490 g/mol. The third kappa shape index (κ3) is 6.34. The fraction of sp³-hybridized carbons (Fsp3) is 0.458. The van der Waals surface area contributed by atoms with Crippen molar-refractivity contribution in [1.29, 1.82) is 0 Å². The first-order valence-electron chi connectivity index (χ1n) is 11.5. The Bertz CT molecular complexity index is 1070. The second-order valence-corrected chi connectivity index (χ2v) is 10.1. The molecule has 2 aromatic rings. The lowest BCUT2D eigenvalue weighted by Crippen LogP contribution is -2.41. The summed E-state index contributed by atoms with van der Waals surface area (Å²) in [6.45, 7) is 6.24. The molecule has 0 spiro atoms. The van der Waals surface area contributed by atoms with Crippen molar-refractivity contribution in [2.75, 3.05) is 65.8 Å². The van der Waals surface area contributed by atoms with Crippen LogP contribution < -0.4 is 10.1 Å². The number of ether oxygens (including phenoxy) is 3. The lowest BCUT2D eigenvalue weighted by atomic mass is 10.2. The maximum atomic E-state index is 13.1. The summed E-state index contributed by atoms with van der Waals surface area (Å²) in [5.41, 5.74) is 0.998. The van der Waals surface area contributed by atoms with Gasteiger partial charge in [0.15, 0.2) is 0 Å². The van der Waals surface area contributed by atoms with Gasteiger partial charge in [-0.25, -0.2) is 8.42 Å². The SMILES string of the molecule is O=C(NCc1cccc(OCCN2CCOCC2)c1)c1ccccc1S(=O)(=O)N1CCOCC1. The number of sulfonamides is 1. The van der Waals surface area contributed by atoms with Crippen LogP contribution in [-0.2, 0) is 26.0 Å². The van der Waals surface area contributed by atoms with Crippen molar-refractivity contribution in [3.8, 4) is 5.75 Å². The molecular weight excluding hydrogens is 458 g/mol. The van der Waals surface area contributed by atoms with E-state index in [0.717, 1.165) is 44.2 Å². The monoisotopic (exact) mass is 489 g/mol. The highest BCUT2D eigenvalue weighted by molar-refractivity contribution is 7.89. The van der Waals surface area contributed by atoms with E-state index in [1.54, 1.807) is 12.1 Å². The van der Waals surface area contributed by atoms with E-state index in [0.29, 0.717) is 19.8 Å². The predicted octanol–water partition coefficient (Wildman–Crippen LogP) is 1.35. The number of carbonyl (C=O) groups is 1. The molecule has 0 aliphatic carbocycles. The summed E-state index contributed by atoms with van der Waals surface area (Å²) in [5, 5.41) is 2.84. The van der Waals surface area contributed by atoms with E-state index in [9.17, 15) is 13.2 Å². The number of nitrogens with zero attached hydrogens (tertiary/aromatic N) is 2. The smallest absolute Gasteiger partial charge is 0.252 e. The number of morpholine rings is 2. The largest absolute Gasteiger partial charge is 0.492 e. The molecule has 184 valence electrons. The standard InChI is InChI=1S/C24H31N3O6S/c28-24(22-6-1-2-7-23(22)34(29,30)27-11-15-32-16-12-27)25-19-20-4-3-5-21(18-20)33-17-10-26-8-13-31-14-9-26/h1-7,18H,8-17,19H2,(H,25,28). The summed E-state index contributed by atoms with van der Waals surface area (Å²) >= 11 is 0. The summed E-state index contributed by atoms with van der Waals surface area (Å²) in [7, 11) is -3.79. The zero-order chi connectivity index (χ0) is 23.8. The molecule has 0 atom stereocenters. The zero-order valence-corrected chi connectivity index (χ0v) is 20.0. The lowest BCUT2D eigenvalue weighted by Gasteiger charge is -2.26. The molecule has 2 fully saturated rings. The van der Waals surface area contributed by atoms with Gasteiger partial charge in [0.25, 0.3) is 5.91 Å². The topological polar surface area (TPSA) is 97.4 Å². The minimum absolute atomic E-state index is 0.00889. The van der Waals surface area contributed by atoms with Gasteiger partial charge in [0.1, 0.15) is 12.4 Å². The van der Waals surface area contributed by atoms with E-state index in [2.05, 4.69) is 10.2 Å². The minimum atomic E-state index is -3.79. The minimum Gasteiger partial charge on any atom is -0.492 e. The van der Waals surface area contributed by atoms with Crippen molar-refractivity contribution in [3.05, 3.63) is 59.7 Å². The number of rotatable bonds is 9. The molecule has 0 bridgehead atoms. The van der Waals surface area contributed by atoms with Crippen molar-refractivity contribution < 1.29 is 27.4 Å². The van der Waals surface area contributed by atoms with E-state index in [4.69, 9.17) is 14.2 Å². The Morgan fingerprint density at radius 3 is 2.41 bits per heavy atom. The summed E-state index contributed by atoms with van der Waals surface area (Å²) in [4.78, 5) is 15.2. The van der Waals surface area contributed by atoms with Crippen LogP contribution in [0.25, 0.3) is 0 Å². The highest BCUT2D eigenvalue weighted by Gasteiger charge is 2.30. The molecule has 0 radical (unpaired) electrons. The summed E-state index contributed by atoms with van der Waals surface area (Å²) < 4.78 is 44.1. The zero-order valence-electron chi connectivity index (χ0n) is 19.1. The van der Waals surface area contributed by atoms with Gasteiger partial charge in [-0.2, -0.15) is 4.31 Å². The Balaban J connectivity index is 1.35. The Morgan fingerprint density at radius 1 is 0.941 bits per heavy atom. The molecule has 1 N–H and O–H groups in total. The number of hydrogen-bond acceptors (Lipinski definition) is 7. The van der Waals surface area contributed by atoms with E-state index < -0.39 is 15.9 Å². The van der Waals surface area contributed by atoms with Crippen LogP contribution in [0.1, 0.15) is 15.9 Å². The molecule has 1 amide bonds.